The molecule has 1 amide bonds. The van der Waals surface area contributed by atoms with Crippen LogP contribution in [0.25, 0.3) is 0 Å². The summed E-state index contributed by atoms with van der Waals surface area (Å²) in [7, 11) is 0. The Hall–Kier alpha value is -1.04. The Kier molecular flexibility index (Phi) is 4.99. The maximum absolute atomic E-state index is 12.2. The normalized spacial score (nSPS) is 22.9. The molecule has 17 heavy (non-hydrogen) atoms. The molecule has 0 heterocycles. The summed E-state index contributed by atoms with van der Waals surface area (Å²) in [6, 6.07) is 2.26. The summed E-state index contributed by atoms with van der Waals surface area (Å²) in [5.74, 6) is 1.32. The standard InChI is InChI=1S/C14H24N2O/c1-4-6-14(10-15,7-5-2)13(17)16-9-12-8-11(12)3/h11-12H,4-9H2,1-3H3,(H,16,17). The molecule has 0 spiro atoms. The molecule has 2 unspecified atom stereocenters. The second-order valence-corrected chi connectivity index (χ2v) is 5.38. The highest BCUT2D eigenvalue weighted by atomic mass is 16.2. The highest BCUT2D eigenvalue weighted by molar-refractivity contribution is 5.85. The number of carbonyl (C=O) groups is 1. The third-order valence-corrected chi connectivity index (χ3v) is 3.80. The summed E-state index contributed by atoms with van der Waals surface area (Å²) >= 11 is 0. The van der Waals surface area contributed by atoms with Crippen LogP contribution < -0.4 is 5.32 Å². The predicted octanol–water partition coefficient (Wildman–Crippen LogP) is 2.87. The smallest absolute Gasteiger partial charge is 0.240 e. The molecule has 0 bridgehead atoms. The molecular weight excluding hydrogens is 212 g/mol. The van der Waals surface area contributed by atoms with Crippen LogP contribution in [0, 0.1) is 28.6 Å². The molecule has 1 aliphatic rings. The summed E-state index contributed by atoms with van der Waals surface area (Å²) < 4.78 is 0. The van der Waals surface area contributed by atoms with Gasteiger partial charge in [-0.05, 0) is 31.1 Å². The molecule has 96 valence electrons. The van der Waals surface area contributed by atoms with Crippen molar-refractivity contribution in [2.75, 3.05) is 6.54 Å². The van der Waals surface area contributed by atoms with Crippen molar-refractivity contribution in [1.82, 2.24) is 5.32 Å². The van der Waals surface area contributed by atoms with E-state index in [4.69, 9.17) is 0 Å². The second-order valence-electron chi connectivity index (χ2n) is 5.38. The van der Waals surface area contributed by atoms with Gasteiger partial charge >= 0.3 is 0 Å². The molecule has 0 aliphatic heterocycles. The van der Waals surface area contributed by atoms with Gasteiger partial charge in [-0.3, -0.25) is 4.79 Å². The molecule has 1 aliphatic carbocycles. The van der Waals surface area contributed by atoms with Gasteiger partial charge in [-0.25, -0.2) is 0 Å². The number of nitrogens with one attached hydrogen (secondary N) is 1. The van der Waals surface area contributed by atoms with Gasteiger partial charge in [0, 0.05) is 6.54 Å². The third-order valence-electron chi connectivity index (χ3n) is 3.80. The highest BCUT2D eigenvalue weighted by Crippen LogP contribution is 2.37. The van der Waals surface area contributed by atoms with Crippen molar-refractivity contribution in [3.05, 3.63) is 0 Å². The lowest BCUT2D eigenvalue weighted by molar-refractivity contribution is -0.129. The quantitative estimate of drug-likeness (QED) is 0.739. The van der Waals surface area contributed by atoms with Gasteiger partial charge in [-0.1, -0.05) is 33.6 Å². The molecule has 1 saturated carbocycles. The summed E-state index contributed by atoms with van der Waals surface area (Å²) in [6.45, 7) is 7.00. The van der Waals surface area contributed by atoms with E-state index in [-0.39, 0.29) is 5.91 Å². The van der Waals surface area contributed by atoms with E-state index in [2.05, 4.69) is 18.3 Å². The molecular formula is C14H24N2O. The zero-order valence-corrected chi connectivity index (χ0v) is 11.3. The predicted molar refractivity (Wildman–Crippen MR) is 68.1 cm³/mol. The van der Waals surface area contributed by atoms with Crippen molar-refractivity contribution in [1.29, 1.82) is 5.26 Å². The number of amides is 1. The van der Waals surface area contributed by atoms with Gasteiger partial charge in [-0.2, -0.15) is 5.26 Å². The van der Waals surface area contributed by atoms with Crippen LogP contribution in [0.15, 0.2) is 0 Å². The SMILES string of the molecule is CCCC(C#N)(CCC)C(=O)NCC1CC1C. The van der Waals surface area contributed by atoms with Gasteiger partial charge < -0.3 is 5.32 Å². The largest absolute Gasteiger partial charge is 0.354 e. The van der Waals surface area contributed by atoms with Gasteiger partial charge in [0.1, 0.15) is 5.41 Å². The summed E-state index contributed by atoms with van der Waals surface area (Å²) in [4.78, 5) is 12.2. The lowest BCUT2D eigenvalue weighted by Gasteiger charge is -2.24. The number of rotatable bonds is 7. The number of hydrogen-bond donors (Lipinski definition) is 1. The minimum absolute atomic E-state index is 0.0530. The first-order valence-electron chi connectivity index (χ1n) is 6.79. The Balaban J connectivity index is 2.55. The Labute approximate surface area is 105 Å². The summed E-state index contributed by atoms with van der Waals surface area (Å²) in [5.41, 5.74) is -0.790. The van der Waals surface area contributed by atoms with Gasteiger partial charge in [0.05, 0.1) is 6.07 Å². The summed E-state index contributed by atoms with van der Waals surface area (Å²) in [6.07, 6.45) is 4.30. The highest BCUT2D eigenvalue weighted by Gasteiger charge is 2.39. The van der Waals surface area contributed by atoms with E-state index < -0.39 is 5.41 Å². The van der Waals surface area contributed by atoms with Crippen LogP contribution in [0.5, 0.6) is 0 Å². The zero-order valence-electron chi connectivity index (χ0n) is 11.3. The van der Waals surface area contributed by atoms with Crippen LogP contribution in [0.1, 0.15) is 52.9 Å². The van der Waals surface area contributed by atoms with E-state index in [1.807, 2.05) is 13.8 Å². The number of nitriles is 1. The zero-order chi connectivity index (χ0) is 12.9. The van der Waals surface area contributed by atoms with E-state index >= 15 is 0 Å². The molecule has 1 rings (SSSR count). The number of nitrogens with zero attached hydrogens (tertiary/aromatic N) is 1. The van der Waals surface area contributed by atoms with Crippen LogP contribution in [0.3, 0.4) is 0 Å². The van der Waals surface area contributed by atoms with Gasteiger partial charge in [-0.15, -0.1) is 0 Å². The molecule has 0 radical (unpaired) electrons. The maximum Gasteiger partial charge on any atom is 0.240 e. The van der Waals surface area contributed by atoms with Crippen molar-refractivity contribution in [2.45, 2.75) is 52.9 Å². The van der Waals surface area contributed by atoms with Crippen molar-refractivity contribution in [3.8, 4) is 6.07 Å². The van der Waals surface area contributed by atoms with Crippen molar-refractivity contribution >= 4 is 5.91 Å². The fourth-order valence-corrected chi connectivity index (χ4v) is 2.44. The van der Waals surface area contributed by atoms with Crippen LogP contribution in [0.2, 0.25) is 0 Å². The minimum atomic E-state index is -0.790. The Morgan fingerprint density at radius 2 is 1.94 bits per heavy atom. The van der Waals surface area contributed by atoms with Gasteiger partial charge in [0.2, 0.25) is 5.91 Å². The van der Waals surface area contributed by atoms with Crippen LogP contribution in [-0.2, 0) is 4.79 Å². The first-order valence-corrected chi connectivity index (χ1v) is 6.79. The van der Waals surface area contributed by atoms with Crippen LogP contribution in [0.4, 0.5) is 0 Å². The molecule has 0 saturated heterocycles. The average molecular weight is 236 g/mol. The molecule has 0 aromatic heterocycles. The molecule has 0 aromatic rings. The van der Waals surface area contributed by atoms with Gasteiger partial charge in [0.25, 0.3) is 0 Å². The van der Waals surface area contributed by atoms with E-state index in [1.165, 1.54) is 6.42 Å². The number of carbonyl (C=O) groups excluding carboxylic acids is 1. The van der Waals surface area contributed by atoms with E-state index in [9.17, 15) is 10.1 Å². The summed E-state index contributed by atoms with van der Waals surface area (Å²) in [5, 5.41) is 12.3. The molecule has 1 fully saturated rings. The van der Waals surface area contributed by atoms with E-state index in [0.717, 1.165) is 25.3 Å². The topological polar surface area (TPSA) is 52.9 Å². The van der Waals surface area contributed by atoms with Crippen molar-refractivity contribution < 1.29 is 4.79 Å². The Bertz CT molecular complexity index is 300. The minimum Gasteiger partial charge on any atom is -0.354 e. The fourth-order valence-electron chi connectivity index (χ4n) is 2.44. The average Bonchev–Trinajstić information content (AvgIpc) is 3.02. The monoisotopic (exact) mass is 236 g/mol. The third kappa shape index (κ3) is 3.46. The van der Waals surface area contributed by atoms with Crippen molar-refractivity contribution in [3.63, 3.8) is 0 Å². The fraction of sp³-hybridized carbons (Fsp3) is 0.857. The molecule has 3 nitrogen and oxygen atoms in total. The van der Waals surface area contributed by atoms with Gasteiger partial charge in [0.15, 0.2) is 0 Å². The first-order chi connectivity index (χ1) is 8.09. The van der Waals surface area contributed by atoms with E-state index in [1.54, 1.807) is 0 Å². The first kappa shape index (κ1) is 14.0. The number of hydrogen-bond acceptors (Lipinski definition) is 2. The Morgan fingerprint density at radius 3 is 2.29 bits per heavy atom. The van der Waals surface area contributed by atoms with Crippen LogP contribution >= 0.6 is 0 Å². The second kappa shape index (κ2) is 6.05. The van der Waals surface area contributed by atoms with Crippen molar-refractivity contribution in [2.24, 2.45) is 17.3 Å². The van der Waals surface area contributed by atoms with E-state index in [0.29, 0.717) is 18.8 Å². The lowest BCUT2D eigenvalue weighted by Crippen LogP contribution is -2.41. The molecule has 3 heteroatoms. The molecule has 0 aromatic carbocycles. The van der Waals surface area contributed by atoms with Crippen LogP contribution in [-0.4, -0.2) is 12.5 Å². The Morgan fingerprint density at radius 1 is 1.41 bits per heavy atom. The maximum atomic E-state index is 12.2. The molecule has 1 N–H and O–H groups in total. The molecule has 2 atom stereocenters. The lowest BCUT2D eigenvalue weighted by atomic mass is 9.80.